The van der Waals surface area contributed by atoms with Gasteiger partial charge in [0.05, 0.1) is 18.8 Å². The van der Waals surface area contributed by atoms with E-state index >= 15 is 0 Å². The fraction of sp³-hybridized carbons (Fsp3) is 0.895. The molecule has 3 rings (SSSR count). The van der Waals surface area contributed by atoms with Crippen LogP contribution in [0.5, 0.6) is 0 Å². The summed E-state index contributed by atoms with van der Waals surface area (Å²) in [5.74, 6) is 0. The number of aliphatic hydroxyl groups excluding tert-OH is 5. The molecule has 2 aliphatic heterocycles. The minimum absolute atomic E-state index is 0.301. The fourth-order valence-corrected chi connectivity index (χ4v) is 4.78. The normalized spacial score (nSPS) is 50.4. The van der Waals surface area contributed by atoms with Crippen LogP contribution in [0, 0.1) is 5.41 Å². The highest BCUT2D eigenvalue weighted by Gasteiger charge is 2.75. The third kappa shape index (κ3) is 3.47. The molecule has 5 N–H and O–H groups in total. The second kappa shape index (κ2) is 7.03. The Bertz CT molecular complexity index is 576. The zero-order chi connectivity index (χ0) is 20.2. The lowest BCUT2D eigenvalue weighted by atomic mass is 9.63. The Hall–Kier alpha value is -0.580. The zero-order valence-corrected chi connectivity index (χ0v) is 16.3. The summed E-state index contributed by atoms with van der Waals surface area (Å²) < 4.78 is 17.6. The number of epoxide rings is 1. The lowest BCUT2D eigenvalue weighted by Crippen LogP contribution is -2.60. The van der Waals surface area contributed by atoms with Crippen molar-refractivity contribution in [3.63, 3.8) is 0 Å². The van der Waals surface area contributed by atoms with E-state index in [-0.39, 0.29) is 11.5 Å². The molecule has 0 radical (unpaired) electrons. The van der Waals surface area contributed by atoms with Gasteiger partial charge in [0.15, 0.2) is 6.29 Å². The first-order valence-corrected chi connectivity index (χ1v) is 9.50. The molecular formula is C19H32O8. The average Bonchev–Trinajstić information content (AvgIpc) is 3.20. The molecule has 156 valence electrons. The molecule has 2 saturated heterocycles. The van der Waals surface area contributed by atoms with Gasteiger partial charge in [-0.25, -0.2) is 0 Å². The van der Waals surface area contributed by atoms with Crippen LogP contribution in [0.25, 0.3) is 0 Å². The molecule has 0 aromatic rings. The van der Waals surface area contributed by atoms with Gasteiger partial charge in [0.25, 0.3) is 0 Å². The van der Waals surface area contributed by atoms with Crippen molar-refractivity contribution in [2.24, 2.45) is 5.41 Å². The van der Waals surface area contributed by atoms with E-state index in [9.17, 15) is 25.5 Å². The minimum Gasteiger partial charge on any atom is -0.394 e. The van der Waals surface area contributed by atoms with Gasteiger partial charge in [-0.15, -0.1) is 0 Å². The van der Waals surface area contributed by atoms with Crippen molar-refractivity contribution in [1.82, 2.24) is 0 Å². The molecule has 3 aliphatic rings. The Labute approximate surface area is 159 Å². The predicted molar refractivity (Wildman–Crippen MR) is 94.7 cm³/mol. The van der Waals surface area contributed by atoms with Crippen LogP contribution in [-0.2, 0) is 14.2 Å². The molecule has 0 spiro atoms. The summed E-state index contributed by atoms with van der Waals surface area (Å²) >= 11 is 0. The van der Waals surface area contributed by atoms with E-state index in [0.717, 1.165) is 0 Å². The van der Waals surface area contributed by atoms with Gasteiger partial charge in [0, 0.05) is 11.8 Å². The third-order valence-electron chi connectivity index (χ3n) is 6.28. The molecule has 1 aliphatic carbocycles. The summed E-state index contributed by atoms with van der Waals surface area (Å²) in [6.45, 7) is 7.31. The van der Waals surface area contributed by atoms with Crippen LogP contribution in [0.2, 0.25) is 0 Å². The summed E-state index contributed by atoms with van der Waals surface area (Å²) in [4.78, 5) is 0. The highest BCUT2D eigenvalue weighted by atomic mass is 16.7. The highest BCUT2D eigenvalue weighted by molar-refractivity contribution is 5.32. The van der Waals surface area contributed by atoms with Gasteiger partial charge in [0.1, 0.15) is 35.6 Å². The quantitative estimate of drug-likeness (QED) is 0.313. The van der Waals surface area contributed by atoms with Gasteiger partial charge in [-0.05, 0) is 20.3 Å². The summed E-state index contributed by atoms with van der Waals surface area (Å²) in [6, 6.07) is 0. The van der Waals surface area contributed by atoms with Crippen molar-refractivity contribution in [3.05, 3.63) is 12.2 Å². The summed E-state index contributed by atoms with van der Waals surface area (Å²) in [7, 11) is 0. The Morgan fingerprint density at radius 3 is 2.33 bits per heavy atom. The fourth-order valence-electron chi connectivity index (χ4n) is 4.78. The molecule has 2 heterocycles. The van der Waals surface area contributed by atoms with Crippen molar-refractivity contribution in [1.29, 1.82) is 0 Å². The summed E-state index contributed by atoms with van der Waals surface area (Å²) in [6.07, 6.45) is -2.47. The molecule has 0 aromatic carbocycles. The standard InChI is InChI=1S/C19H32O8/c1-10(21)5-6-19-17(2,3)7-11(8-18(19,4)27-19)25-16-15(24)14(23)13(22)12(9-20)26-16/h5-6,10-16,20-24H,7-9H2,1-4H3/b6-5+/t10-,11+,12+,13-,14-,15+,16+,18+,19-/m0/s1. The summed E-state index contributed by atoms with van der Waals surface area (Å²) in [5.41, 5.74) is -1.27. The highest BCUT2D eigenvalue weighted by Crippen LogP contribution is 2.66. The number of aliphatic hydroxyl groups is 5. The third-order valence-corrected chi connectivity index (χ3v) is 6.28. The van der Waals surface area contributed by atoms with Crippen molar-refractivity contribution >= 4 is 0 Å². The first-order valence-electron chi connectivity index (χ1n) is 9.50. The second-order valence-electron chi connectivity index (χ2n) is 8.92. The SMILES string of the molecule is C[C@H](O)/C=C/[C@@]12O[C@]1(C)C[C@H](O[C@@H]1O[C@H](CO)[C@H](O)[C@H](O)[C@H]1O)CC2(C)C. The molecule has 0 amide bonds. The molecular weight excluding hydrogens is 356 g/mol. The van der Waals surface area contributed by atoms with E-state index in [1.807, 2.05) is 13.0 Å². The van der Waals surface area contributed by atoms with Crippen molar-refractivity contribution in [3.8, 4) is 0 Å². The number of ether oxygens (including phenoxy) is 3. The molecule has 0 unspecified atom stereocenters. The first kappa shape index (κ1) is 21.1. The minimum atomic E-state index is -1.46. The molecule has 8 nitrogen and oxygen atoms in total. The van der Waals surface area contributed by atoms with Crippen molar-refractivity contribution in [2.75, 3.05) is 6.61 Å². The maximum Gasteiger partial charge on any atom is 0.186 e. The van der Waals surface area contributed by atoms with Gasteiger partial charge in [-0.1, -0.05) is 26.0 Å². The van der Waals surface area contributed by atoms with Crippen LogP contribution in [0.1, 0.15) is 40.5 Å². The summed E-state index contributed by atoms with van der Waals surface area (Å²) in [5, 5.41) is 49.0. The molecule has 0 bridgehead atoms. The van der Waals surface area contributed by atoms with Gasteiger partial charge in [-0.3, -0.25) is 0 Å². The van der Waals surface area contributed by atoms with Gasteiger partial charge in [0.2, 0.25) is 0 Å². The predicted octanol–water partition coefficient (Wildman–Crippen LogP) is -0.544. The van der Waals surface area contributed by atoms with Crippen LogP contribution in [-0.4, -0.2) is 86.3 Å². The number of fused-ring (bicyclic) bond motifs is 1. The Balaban J connectivity index is 1.72. The van der Waals surface area contributed by atoms with Gasteiger partial charge >= 0.3 is 0 Å². The van der Waals surface area contributed by atoms with E-state index in [1.54, 1.807) is 13.0 Å². The smallest absolute Gasteiger partial charge is 0.186 e. The molecule has 3 fully saturated rings. The van der Waals surface area contributed by atoms with Crippen molar-refractivity contribution in [2.45, 2.75) is 94.7 Å². The maximum absolute atomic E-state index is 10.2. The average molecular weight is 388 g/mol. The van der Waals surface area contributed by atoms with Gasteiger partial charge < -0.3 is 39.7 Å². The Kier molecular flexibility index (Phi) is 5.51. The second-order valence-corrected chi connectivity index (χ2v) is 8.92. The molecule has 9 atom stereocenters. The van der Waals surface area contributed by atoms with Gasteiger partial charge in [-0.2, -0.15) is 0 Å². The van der Waals surface area contributed by atoms with E-state index in [1.165, 1.54) is 0 Å². The molecule has 0 aromatic heterocycles. The number of rotatable bonds is 5. The number of hydrogen-bond acceptors (Lipinski definition) is 8. The number of hydrogen-bond donors (Lipinski definition) is 5. The zero-order valence-electron chi connectivity index (χ0n) is 16.3. The van der Waals surface area contributed by atoms with E-state index in [0.29, 0.717) is 12.8 Å². The monoisotopic (exact) mass is 388 g/mol. The Morgan fingerprint density at radius 2 is 1.78 bits per heavy atom. The lowest BCUT2D eigenvalue weighted by Gasteiger charge is -2.44. The van der Waals surface area contributed by atoms with Crippen LogP contribution < -0.4 is 0 Å². The largest absolute Gasteiger partial charge is 0.394 e. The van der Waals surface area contributed by atoms with Crippen molar-refractivity contribution < 1.29 is 39.7 Å². The van der Waals surface area contributed by atoms with Crippen LogP contribution in [0.15, 0.2) is 12.2 Å². The van der Waals surface area contributed by atoms with E-state index in [2.05, 4.69) is 13.8 Å². The molecule has 27 heavy (non-hydrogen) atoms. The first-order chi connectivity index (χ1) is 12.5. The Morgan fingerprint density at radius 1 is 1.11 bits per heavy atom. The van der Waals surface area contributed by atoms with E-state index < -0.39 is 54.6 Å². The maximum atomic E-state index is 10.2. The molecule has 8 heteroatoms. The topological polar surface area (TPSA) is 132 Å². The lowest BCUT2D eigenvalue weighted by molar-refractivity contribution is -0.315. The van der Waals surface area contributed by atoms with E-state index in [4.69, 9.17) is 14.2 Å². The van der Waals surface area contributed by atoms with Crippen LogP contribution in [0.4, 0.5) is 0 Å². The van der Waals surface area contributed by atoms with Crippen LogP contribution >= 0.6 is 0 Å². The van der Waals surface area contributed by atoms with Crippen LogP contribution in [0.3, 0.4) is 0 Å². The molecule has 1 saturated carbocycles.